The number of rotatable bonds is 6. The number of thiazole rings is 1. The summed E-state index contributed by atoms with van der Waals surface area (Å²) in [7, 11) is 0. The van der Waals surface area contributed by atoms with Gasteiger partial charge in [0.05, 0.1) is 33.7 Å². The summed E-state index contributed by atoms with van der Waals surface area (Å²) in [4.78, 5) is 25.8. The first-order chi connectivity index (χ1) is 15.7. The molecule has 0 unspecified atom stereocenters. The van der Waals surface area contributed by atoms with E-state index in [9.17, 15) is 4.79 Å². The highest BCUT2D eigenvalue weighted by atomic mass is 32.2. The molecule has 0 spiro atoms. The summed E-state index contributed by atoms with van der Waals surface area (Å²) in [6, 6.07) is 17.5. The lowest BCUT2D eigenvalue weighted by Gasteiger charge is -2.07. The maximum Gasteiger partial charge on any atom is 0.234 e. The van der Waals surface area contributed by atoms with Crippen molar-refractivity contribution in [1.29, 1.82) is 0 Å². The van der Waals surface area contributed by atoms with Gasteiger partial charge in [0.2, 0.25) is 5.91 Å². The largest absolute Gasteiger partial charge is 0.325 e. The van der Waals surface area contributed by atoms with Gasteiger partial charge in [0.1, 0.15) is 11.4 Å². The van der Waals surface area contributed by atoms with Crippen LogP contribution in [0.4, 0.5) is 5.69 Å². The van der Waals surface area contributed by atoms with Crippen LogP contribution in [0.1, 0.15) is 5.01 Å². The van der Waals surface area contributed by atoms with Crippen molar-refractivity contribution in [3.05, 3.63) is 77.5 Å². The molecule has 0 aliphatic rings. The van der Waals surface area contributed by atoms with Crippen LogP contribution in [0.25, 0.3) is 28.0 Å². The van der Waals surface area contributed by atoms with E-state index < -0.39 is 0 Å². The van der Waals surface area contributed by atoms with Gasteiger partial charge in [-0.3, -0.25) is 4.79 Å². The van der Waals surface area contributed by atoms with Crippen molar-refractivity contribution in [2.45, 2.75) is 11.9 Å². The molecule has 3 aromatic heterocycles. The average molecular weight is 459 g/mol. The number of carbonyl (C=O) groups excluding carboxylic acids is 1. The molecule has 0 atom stereocenters. The monoisotopic (exact) mass is 458 g/mol. The average Bonchev–Trinajstić information content (AvgIpc) is 3.45. The smallest absolute Gasteiger partial charge is 0.234 e. The van der Waals surface area contributed by atoms with E-state index in [2.05, 4.69) is 25.4 Å². The van der Waals surface area contributed by atoms with Crippen LogP contribution in [0, 0.1) is 6.92 Å². The van der Waals surface area contributed by atoms with Gasteiger partial charge < -0.3 is 5.32 Å². The fourth-order valence-corrected chi connectivity index (χ4v) is 4.66. The Balaban J connectivity index is 1.29. The number of aryl methyl sites for hydroxylation is 1. The number of benzene rings is 2. The number of nitrogens with zero attached hydrogens (tertiary/aromatic N) is 5. The molecule has 2 aromatic carbocycles. The van der Waals surface area contributed by atoms with Crippen LogP contribution in [0.2, 0.25) is 0 Å². The van der Waals surface area contributed by atoms with E-state index in [0.29, 0.717) is 5.65 Å². The molecule has 0 saturated heterocycles. The van der Waals surface area contributed by atoms with Gasteiger partial charge >= 0.3 is 0 Å². The Bertz CT molecular complexity index is 1400. The molecule has 0 bridgehead atoms. The minimum absolute atomic E-state index is 0.108. The van der Waals surface area contributed by atoms with E-state index in [1.54, 1.807) is 22.2 Å². The van der Waals surface area contributed by atoms with E-state index >= 15 is 0 Å². The van der Waals surface area contributed by atoms with Gasteiger partial charge in [-0.1, -0.05) is 42.1 Å². The van der Waals surface area contributed by atoms with Gasteiger partial charge in [0.15, 0.2) is 5.65 Å². The maximum absolute atomic E-state index is 12.6. The third-order valence-corrected chi connectivity index (χ3v) is 6.51. The number of thioether (sulfide) groups is 1. The zero-order valence-corrected chi connectivity index (χ0v) is 18.7. The fourth-order valence-electron chi connectivity index (χ4n) is 3.28. The number of carbonyl (C=O) groups is 1. The first-order valence-electron chi connectivity index (χ1n) is 9.87. The second-order valence-corrected chi connectivity index (χ2v) is 9.00. The van der Waals surface area contributed by atoms with Crippen LogP contribution in [-0.4, -0.2) is 36.4 Å². The molecule has 9 heteroatoms. The maximum atomic E-state index is 12.6. The molecule has 0 aliphatic heterocycles. The van der Waals surface area contributed by atoms with E-state index in [-0.39, 0.29) is 11.7 Å². The van der Waals surface area contributed by atoms with Crippen LogP contribution in [-0.2, 0) is 4.79 Å². The molecule has 1 N–H and O–H groups in total. The van der Waals surface area contributed by atoms with Crippen molar-refractivity contribution in [3.63, 3.8) is 0 Å². The predicted octanol–water partition coefficient (Wildman–Crippen LogP) is 4.98. The second-order valence-electron chi connectivity index (χ2n) is 6.98. The first kappa shape index (κ1) is 20.3. The van der Waals surface area contributed by atoms with Crippen LogP contribution in [0.5, 0.6) is 0 Å². The Morgan fingerprint density at radius 2 is 2.00 bits per heavy atom. The number of nitrogens with one attached hydrogen (secondary N) is 1. The molecular formula is C23H18N6OS2. The molecule has 32 heavy (non-hydrogen) atoms. The van der Waals surface area contributed by atoms with Crippen molar-refractivity contribution in [2.75, 3.05) is 11.1 Å². The summed E-state index contributed by atoms with van der Waals surface area (Å²) in [5, 5.41) is 12.0. The number of hydrogen-bond acceptors (Lipinski definition) is 7. The lowest BCUT2D eigenvalue weighted by atomic mass is 10.1. The Kier molecular flexibility index (Phi) is 5.66. The zero-order chi connectivity index (χ0) is 21.9. The summed E-state index contributed by atoms with van der Waals surface area (Å²) in [5.41, 5.74) is 4.26. The number of fused-ring (bicyclic) bond motifs is 1. The highest BCUT2D eigenvalue weighted by Gasteiger charge is 2.13. The highest BCUT2D eigenvalue weighted by Crippen LogP contribution is 2.27. The molecule has 0 fully saturated rings. The van der Waals surface area contributed by atoms with E-state index in [1.165, 1.54) is 18.1 Å². The predicted molar refractivity (Wildman–Crippen MR) is 128 cm³/mol. The van der Waals surface area contributed by atoms with Crippen molar-refractivity contribution < 1.29 is 4.79 Å². The first-order valence-corrected chi connectivity index (χ1v) is 11.7. The number of aromatic nitrogens is 5. The third kappa shape index (κ3) is 4.25. The molecule has 1 amide bonds. The molecule has 3 heterocycles. The van der Waals surface area contributed by atoms with Crippen LogP contribution in [0.3, 0.4) is 0 Å². The van der Waals surface area contributed by atoms with Crippen molar-refractivity contribution in [3.8, 4) is 16.9 Å². The van der Waals surface area contributed by atoms with E-state index in [0.717, 1.165) is 38.1 Å². The zero-order valence-electron chi connectivity index (χ0n) is 17.1. The number of para-hydroxylation sites is 1. The van der Waals surface area contributed by atoms with Crippen LogP contribution in [0.15, 0.2) is 77.5 Å². The summed E-state index contributed by atoms with van der Waals surface area (Å²) in [6.45, 7) is 1.98. The summed E-state index contributed by atoms with van der Waals surface area (Å²) < 4.78 is 1.77. The van der Waals surface area contributed by atoms with Gasteiger partial charge in [-0.05, 0) is 31.2 Å². The molecular weight excluding hydrogens is 440 g/mol. The topological polar surface area (TPSA) is 85.6 Å². The van der Waals surface area contributed by atoms with Crippen LogP contribution >= 0.6 is 23.1 Å². The van der Waals surface area contributed by atoms with Crippen molar-refractivity contribution >= 4 is 45.7 Å². The Morgan fingerprint density at radius 1 is 1.12 bits per heavy atom. The van der Waals surface area contributed by atoms with Crippen molar-refractivity contribution in [1.82, 2.24) is 24.7 Å². The SMILES string of the molecule is Cc1nc(-c2cccc(NC(=O)CSc3ncnc4c3cnn4-c3ccccc3)c2)cs1. The normalized spacial score (nSPS) is 11.0. The standard InChI is InChI=1S/C23H18N6OS2/c1-15-27-20(12-31-15)16-6-5-7-17(10-16)28-21(30)13-32-23-19-11-26-29(22(19)24-14-25-23)18-8-3-2-4-9-18/h2-12,14H,13H2,1H3,(H,28,30). The number of anilines is 1. The minimum Gasteiger partial charge on any atom is -0.325 e. The molecule has 5 aromatic rings. The fraction of sp³-hybridized carbons (Fsp3) is 0.0870. The molecule has 0 radical (unpaired) electrons. The van der Waals surface area contributed by atoms with E-state index in [1.807, 2.05) is 66.9 Å². The molecule has 0 aliphatic carbocycles. The quantitative estimate of drug-likeness (QED) is 0.285. The van der Waals surface area contributed by atoms with Gasteiger partial charge in [-0.15, -0.1) is 11.3 Å². The van der Waals surface area contributed by atoms with Crippen molar-refractivity contribution in [2.24, 2.45) is 0 Å². The van der Waals surface area contributed by atoms with Crippen LogP contribution < -0.4 is 5.32 Å². The highest BCUT2D eigenvalue weighted by molar-refractivity contribution is 8.00. The van der Waals surface area contributed by atoms with Gasteiger partial charge in [-0.2, -0.15) is 5.10 Å². The molecule has 7 nitrogen and oxygen atoms in total. The Labute approximate surface area is 192 Å². The Hall–Kier alpha value is -3.56. The lowest BCUT2D eigenvalue weighted by molar-refractivity contribution is -0.113. The molecule has 5 rings (SSSR count). The summed E-state index contributed by atoms with van der Waals surface area (Å²) in [5.74, 6) is 0.117. The van der Waals surface area contributed by atoms with Gasteiger partial charge in [-0.25, -0.2) is 19.6 Å². The molecule has 0 saturated carbocycles. The minimum atomic E-state index is -0.108. The Morgan fingerprint density at radius 3 is 2.81 bits per heavy atom. The van der Waals surface area contributed by atoms with Gasteiger partial charge in [0.25, 0.3) is 0 Å². The lowest BCUT2D eigenvalue weighted by Crippen LogP contribution is -2.14. The van der Waals surface area contributed by atoms with Gasteiger partial charge in [0, 0.05) is 16.6 Å². The number of hydrogen-bond donors (Lipinski definition) is 1. The second kappa shape index (κ2) is 8.89. The number of amides is 1. The van der Waals surface area contributed by atoms with E-state index in [4.69, 9.17) is 0 Å². The summed E-state index contributed by atoms with van der Waals surface area (Å²) >= 11 is 2.97. The summed E-state index contributed by atoms with van der Waals surface area (Å²) in [6.07, 6.45) is 3.24. The third-order valence-electron chi connectivity index (χ3n) is 4.73. The molecule has 158 valence electrons.